The molecule has 0 fully saturated rings. The van der Waals surface area contributed by atoms with E-state index in [1.165, 1.54) is 23.0 Å². The van der Waals surface area contributed by atoms with Crippen molar-refractivity contribution in [2.24, 2.45) is 0 Å². The predicted molar refractivity (Wildman–Crippen MR) is 130 cm³/mol. The first-order valence-electron chi connectivity index (χ1n) is 11.7. The van der Waals surface area contributed by atoms with Crippen LogP contribution in [0.2, 0.25) is 0 Å². The number of ether oxygens (including phenoxy) is 1. The Morgan fingerprint density at radius 1 is 1.03 bits per heavy atom. The third-order valence-electron chi connectivity index (χ3n) is 5.70. The molecule has 1 amide bonds. The number of aromatic nitrogens is 4. The fraction of sp³-hybridized carbons (Fsp3) is 0.462. The molecule has 1 atom stereocenters. The fourth-order valence-corrected chi connectivity index (χ4v) is 3.40. The minimum Gasteiger partial charge on any atom is -0.483 e. The van der Waals surface area contributed by atoms with Crippen LogP contribution in [0.25, 0.3) is 0 Å². The monoisotopic (exact) mass is 521 g/mol. The van der Waals surface area contributed by atoms with Crippen LogP contribution < -0.4 is 10.1 Å². The smallest absolute Gasteiger partial charge is 0.422 e. The number of rotatable bonds is 9. The van der Waals surface area contributed by atoms with Gasteiger partial charge in [-0.3, -0.25) is 9.78 Å². The Bertz CT molecular complexity index is 1180. The molecule has 0 saturated carbocycles. The Hall–Kier alpha value is -3.50. The highest BCUT2D eigenvalue weighted by molar-refractivity contribution is 5.79. The molecule has 0 bridgehead atoms. The number of nitrogens with one attached hydrogen (secondary N) is 1. The maximum Gasteiger partial charge on any atom is 0.422 e. The summed E-state index contributed by atoms with van der Waals surface area (Å²) in [5.41, 5.74) is 1.56. The Kier molecular flexibility index (Phi) is 8.24. The molecule has 37 heavy (non-hydrogen) atoms. The lowest BCUT2D eigenvalue weighted by molar-refractivity contribution is -0.153. The summed E-state index contributed by atoms with van der Waals surface area (Å²) in [6.07, 6.45) is -1.75. The lowest BCUT2D eigenvalue weighted by atomic mass is 9.86. The lowest BCUT2D eigenvalue weighted by Gasteiger charge is -2.20. The minimum atomic E-state index is -4.48. The summed E-state index contributed by atoms with van der Waals surface area (Å²) >= 11 is 0. The van der Waals surface area contributed by atoms with Gasteiger partial charge in [0, 0.05) is 0 Å². The highest BCUT2D eigenvalue weighted by Crippen LogP contribution is 2.25. The first-order chi connectivity index (χ1) is 17.2. The van der Waals surface area contributed by atoms with Crippen LogP contribution >= 0.6 is 0 Å². The first-order valence-corrected chi connectivity index (χ1v) is 11.7. The molecule has 0 spiro atoms. The van der Waals surface area contributed by atoms with Gasteiger partial charge in [0.15, 0.2) is 6.61 Å². The van der Waals surface area contributed by atoms with Crippen LogP contribution in [0.3, 0.4) is 0 Å². The van der Waals surface area contributed by atoms with Crippen molar-refractivity contribution < 1.29 is 27.1 Å². The van der Waals surface area contributed by atoms with E-state index in [9.17, 15) is 22.4 Å². The molecular formula is C26H31F4N5O2. The normalized spacial score (nSPS) is 13.3. The SMILES string of the molecule is CC(C)(C)c1ccc(CC(=O)N[C@H](c2ccc(OCC(F)(F)F)cn2)c2cn(C(C)(C)CF)nn2)cc1. The van der Waals surface area contributed by atoms with Gasteiger partial charge < -0.3 is 10.1 Å². The molecule has 0 unspecified atom stereocenters. The van der Waals surface area contributed by atoms with Gasteiger partial charge in [-0.05, 0) is 42.5 Å². The van der Waals surface area contributed by atoms with E-state index in [1.807, 2.05) is 24.3 Å². The summed E-state index contributed by atoms with van der Waals surface area (Å²) in [5, 5.41) is 11.0. The quantitative estimate of drug-likeness (QED) is 0.398. The third-order valence-corrected chi connectivity index (χ3v) is 5.70. The van der Waals surface area contributed by atoms with Crippen molar-refractivity contribution in [3.63, 3.8) is 0 Å². The molecule has 1 aromatic carbocycles. The minimum absolute atomic E-state index is 0.0211. The van der Waals surface area contributed by atoms with Gasteiger partial charge in [0.1, 0.15) is 24.2 Å². The van der Waals surface area contributed by atoms with Gasteiger partial charge in [-0.25, -0.2) is 9.07 Å². The average molecular weight is 522 g/mol. The van der Waals surface area contributed by atoms with Gasteiger partial charge in [0.2, 0.25) is 5.91 Å². The van der Waals surface area contributed by atoms with Gasteiger partial charge in [-0.2, -0.15) is 13.2 Å². The van der Waals surface area contributed by atoms with Gasteiger partial charge in [-0.1, -0.05) is 50.3 Å². The zero-order valence-corrected chi connectivity index (χ0v) is 21.4. The number of carbonyl (C=O) groups is 1. The van der Waals surface area contributed by atoms with Crippen LogP contribution in [0.5, 0.6) is 5.75 Å². The molecule has 0 aliphatic carbocycles. The molecule has 3 aromatic rings. The van der Waals surface area contributed by atoms with Crippen LogP contribution in [-0.2, 0) is 22.2 Å². The van der Waals surface area contributed by atoms with E-state index < -0.39 is 31.0 Å². The highest BCUT2D eigenvalue weighted by Gasteiger charge is 2.29. The van der Waals surface area contributed by atoms with Crippen molar-refractivity contribution >= 4 is 5.91 Å². The Morgan fingerprint density at radius 3 is 2.24 bits per heavy atom. The number of nitrogens with zero attached hydrogens (tertiary/aromatic N) is 4. The molecule has 3 rings (SSSR count). The molecule has 11 heteroatoms. The van der Waals surface area contributed by atoms with Crippen molar-refractivity contribution in [1.82, 2.24) is 25.3 Å². The molecular weight excluding hydrogens is 490 g/mol. The van der Waals surface area contributed by atoms with Crippen LogP contribution in [0.15, 0.2) is 48.8 Å². The van der Waals surface area contributed by atoms with E-state index in [0.717, 1.165) is 17.3 Å². The Labute approximate surface area is 213 Å². The number of benzene rings is 1. The second-order valence-electron chi connectivity index (χ2n) is 10.5. The van der Waals surface area contributed by atoms with Crippen LogP contribution in [0, 0.1) is 0 Å². The van der Waals surface area contributed by atoms with Crippen LogP contribution in [-0.4, -0.2) is 45.3 Å². The maximum atomic E-state index is 13.5. The summed E-state index contributed by atoms with van der Waals surface area (Å²) < 4.78 is 56.9. The van der Waals surface area contributed by atoms with Crippen molar-refractivity contribution in [2.75, 3.05) is 13.3 Å². The standard InChI is InChI=1S/C26H31F4N5O2/c1-24(2,3)18-8-6-17(7-9-18)12-22(36)32-23(21-14-35(34-33-21)25(4,5)15-27)20-11-10-19(13-31-20)37-16-26(28,29)30/h6-11,13-14,23H,12,15-16H2,1-5H3,(H,32,36)/t23-/m1/s1. The van der Waals surface area contributed by atoms with Gasteiger partial charge in [0.05, 0.1) is 30.0 Å². The average Bonchev–Trinajstić information content (AvgIpc) is 3.32. The summed E-state index contributed by atoms with van der Waals surface area (Å²) in [4.78, 5) is 17.2. The van der Waals surface area contributed by atoms with Crippen molar-refractivity contribution in [1.29, 1.82) is 0 Å². The van der Waals surface area contributed by atoms with E-state index >= 15 is 0 Å². The van der Waals surface area contributed by atoms with Gasteiger partial charge >= 0.3 is 6.18 Å². The van der Waals surface area contributed by atoms with Crippen LogP contribution in [0.1, 0.15) is 63.2 Å². The highest BCUT2D eigenvalue weighted by atomic mass is 19.4. The maximum absolute atomic E-state index is 13.5. The molecule has 1 N–H and O–H groups in total. The fourth-order valence-electron chi connectivity index (χ4n) is 3.40. The number of carbonyl (C=O) groups excluding carboxylic acids is 1. The van der Waals surface area contributed by atoms with Gasteiger partial charge in [-0.15, -0.1) is 5.10 Å². The molecule has 0 aliphatic rings. The second kappa shape index (κ2) is 10.9. The van der Waals surface area contributed by atoms with E-state index in [-0.39, 0.29) is 23.5 Å². The molecule has 2 heterocycles. The Morgan fingerprint density at radius 2 is 1.70 bits per heavy atom. The topological polar surface area (TPSA) is 81.9 Å². The third kappa shape index (κ3) is 7.74. The second-order valence-corrected chi connectivity index (χ2v) is 10.5. The molecule has 7 nitrogen and oxygen atoms in total. The van der Waals surface area contributed by atoms with Crippen molar-refractivity contribution in [3.05, 3.63) is 71.3 Å². The van der Waals surface area contributed by atoms with Crippen molar-refractivity contribution in [3.8, 4) is 5.75 Å². The Balaban J connectivity index is 1.83. The number of pyridine rings is 1. The van der Waals surface area contributed by atoms with E-state index in [2.05, 4.69) is 41.4 Å². The number of amides is 1. The largest absolute Gasteiger partial charge is 0.483 e. The summed E-state index contributed by atoms with van der Waals surface area (Å²) in [6, 6.07) is 9.63. The van der Waals surface area contributed by atoms with Gasteiger partial charge in [0.25, 0.3) is 0 Å². The number of halogens is 4. The number of hydrogen-bond acceptors (Lipinski definition) is 5. The number of alkyl halides is 4. The molecule has 0 aliphatic heterocycles. The van der Waals surface area contributed by atoms with E-state index in [4.69, 9.17) is 4.74 Å². The first kappa shape index (κ1) is 28.1. The summed E-state index contributed by atoms with van der Waals surface area (Å²) in [6.45, 7) is 7.45. The summed E-state index contributed by atoms with van der Waals surface area (Å²) in [5.74, 6) is -0.403. The van der Waals surface area contributed by atoms with Crippen molar-refractivity contribution in [2.45, 2.75) is 64.2 Å². The molecule has 2 aromatic heterocycles. The molecule has 200 valence electrons. The van der Waals surface area contributed by atoms with E-state index in [1.54, 1.807) is 13.8 Å². The molecule has 0 saturated heterocycles. The molecule has 0 radical (unpaired) electrons. The van der Waals surface area contributed by atoms with Crippen LogP contribution in [0.4, 0.5) is 17.6 Å². The lowest BCUT2D eigenvalue weighted by Crippen LogP contribution is -2.32. The van der Waals surface area contributed by atoms with E-state index in [0.29, 0.717) is 11.4 Å². The zero-order chi connectivity index (χ0) is 27.4. The summed E-state index contributed by atoms with van der Waals surface area (Å²) in [7, 11) is 0. The number of hydrogen-bond donors (Lipinski definition) is 1. The zero-order valence-electron chi connectivity index (χ0n) is 21.4. The predicted octanol–water partition coefficient (Wildman–Crippen LogP) is 5.06.